The second-order valence-electron chi connectivity index (χ2n) is 5.22. The summed E-state index contributed by atoms with van der Waals surface area (Å²) in [6, 6.07) is 0. The molecule has 0 spiro atoms. The van der Waals surface area contributed by atoms with Gasteiger partial charge in [0, 0.05) is 6.42 Å². The van der Waals surface area contributed by atoms with Crippen molar-refractivity contribution in [3.63, 3.8) is 0 Å². The van der Waals surface area contributed by atoms with Gasteiger partial charge in [0.1, 0.15) is 0 Å². The normalized spacial score (nSPS) is 50.2. The number of Topliss-reactive ketones (excluding diaryl/α,β-unsaturated/α-hetero) is 1. The standard InChI is InChI=1S/C10H17NO/c1-9(2)6-4-7(9)10(3,11)8(12)5-6/h6-7H,4-5,11H2,1-3H3. The number of carbonyl (C=O) groups excluding carboxylic acids is 1. The summed E-state index contributed by atoms with van der Waals surface area (Å²) in [6.45, 7) is 6.38. The molecule has 3 fully saturated rings. The molecule has 3 aliphatic carbocycles. The van der Waals surface area contributed by atoms with Crippen LogP contribution in [0.5, 0.6) is 0 Å². The van der Waals surface area contributed by atoms with Crippen LogP contribution in [0.3, 0.4) is 0 Å². The molecule has 0 aromatic carbocycles. The lowest BCUT2D eigenvalue weighted by molar-refractivity contribution is -0.157. The van der Waals surface area contributed by atoms with E-state index in [-0.39, 0.29) is 5.78 Å². The van der Waals surface area contributed by atoms with Crippen molar-refractivity contribution in [3.8, 4) is 0 Å². The van der Waals surface area contributed by atoms with Gasteiger partial charge in [0.05, 0.1) is 5.54 Å². The first-order chi connectivity index (χ1) is 5.37. The van der Waals surface area contributed by atoms with Crippen molar-refractivity contribution in [2.45, 2.75) is 39.2 Å². The van der Waals surface area contributed by atoms with E-state index in [0.717, 1.165) is 6.42 Å². The lowest BCUT2D eigenvalue weighted by Gasteiger charge is -2.62. The lowest BCUT2D eigenvalue weighted by Crippen LogP contribution is -2.68. The number of carbonyl (C=O) groups is 1. The Labute approximate surface area is 73.5 Å². The van der Waals surface area contributed by atoms with Crippen LogP contribution in [0.2, 0.25) is 0 Å². The molecule has 3 atom stereocenters. The third-order valence-electron chi connectivity index (χ3n) is 4.23. The predicted molar refractivity (Wildman–Crippen MR) is 47.6 cm³/mol. The van der Waals surface area contributed by atoms with Crippen LogP contribution < -0.4 is 5.73 Å². The molecule has 3 saturated carbocycles. The van der Waals surface area contributed by atoms with Gasteiger partial charge in [0.15, 0.2) is 5.78 Å². The molecular formula is C10H17NO. The molecule has 0 aromatic heterocycles. The van der Waals surface area contributed by atoms with Gasteiger partial charge in [-0.2, -0.15) is 0 Å². The Hall–Kier alpha value is -0.370. The highest BCUT2D eigenvalue weighted by molar-refractivity contribution is 5.90. The fraction of sp³-hybridized carbons (Fsp3) is 0.900. The van der Waals surface area contributed by atoms with E-state index < -0.39 is 5.54 Å². The molecule has 0 saturated heterocycles. The molecule has 0 amide bonds. The van der Waals surface area contributed by atoms with Gasteiger partial charge in [-0.25, -0.2) is 0 Å². The summed E-state index contributed by atoms with van der Waals surface area (Å²) in [5, 5.41) is 0. The Balaban J connectivity index is 2.33. The van der Waals surface area contributed by atoms with Crippen molar-refractivity contribution in [2.75, 3.05) is 0 Å². The van der Waals surface area contributed by atoms with Gasteiger partial charge in [-0.05, 0) is 30.6 Å². The summed E-state index contributed by atoms with van der Waals surface area (Å²) in [5.41, 5.74) is 5.79. The van der Waals surface area contributed by atoms with E-state index in [1.54, 1.807) is 0 Å². The third kappa shape index (κ3) is 0.717. The Morgan fingerprint density at radius 3 is 2.33 bits per heavy atom. The first-order valence-electron chi connectivity index (χ1n) is 4.69. The number of fused-ring (bicyclic) bond motifs is 2. The molecule has 0 radical (unpaired) electrons. The number of ketones is 1. The number of nitrogens with two attached hydrogens (primary N) is 1. The van der Waals surface area contributed by atoms with Crippen molar-refractivity contribution < 1.29 is 4.79 Å². The van der Waals surface area contributed by atoms with Crippen LogP contribution in [0.1, 0.15) is 33.6 Å². The average molecular weight is 167 g/mol. The second kappa shape index (κ2) is 1.92. The summed E-state index contributed by atoms with van der Waals surface area (Å²) in [5.74, 6) is 1.28. The molecule has 2 bridgehead atoms. The lowest BCUT2D eigenvalue weighted by atomic mass is 9.43. The monoisotopic (exact) mass is 167 g/mol. The Kier molecular flexibility index (Phi) is 1.32. The maximum atomic E-state index is 11.5. The van der Waals surface area contributed by atoms with Gasteiger partial charge in [0.25, 0.3) is 0 Å². The SMILES string of the molecule is CC1(N)C(=O)CC2CC1C2(C)C. The summed E-state index contributed by atoms with van der Waals surface area (Å²) in [7, 11) is 0. The van der Waals surface area contributed by atoms with Crippen molar-refractivity contribution in [3.05, 3.63) is 0 Å². The predicted octanol–water partition coefficient (Wildman–Crippen LogP) is 1.34. The van der Waals surface area contributed by atoms with Crippen molar-refractivity contribution >= 4 is 5.78 Å². The molecule has 12 heavy (non-hydrogen) atoms. The molecule has 2 nitrogen and oxygen atoms in total. The van der Waals surface area contributed by atoms with E-state index in [4.69, 9.17) is 5.73 Å². The molecule has 3 rings (SSSR count). The van der Waals surface area contributed by atoms with Crippen molar-refractivity contribution in [2.24, 2.45) is 23.0 Å². The smallest absolute Gasteiger partial charge is 0.152 e. The molecule has 3 aliphatic rings. The van der Waals surface area contributed by atoms with Crippen LogP contribution in [-0.4, -0.2) is 11.3 Å². The Morgan fingerprint density at radius 1 is 1.42 bits per heavy atom. The van der Waals surface area contributed by atoms with Crippen LogP contribution in [0.15, 0.2) is 0 Å². The Bertz CT molecular complexity index is 242. The topological polar surface area (TPSA) is 43.1 Å². The zero-order valence-electron chi connectivity index (χ0n) is 8.05. The van der Waals surface area contributed by atoms with Gasteiger partial charge in [-0.15, -0.1) is 0 Å². The minimum atomic E-state index is -0.543. The summed E-state index contributed by atoms with van der Waals surface area (Å²) >= 11 is 0. The number of hydrogen-bond acceptors (Lipinski definition) is 2. The molecule has 0 heterocycles. The van der Waals surface area contributed by atoms with Crippen molar-refractivity contribution in [1.82, 2.24) is 0 Å². The largest absolute Gasteiger partial charge is 0.319 e. The molecule has 68 valence electrons. The van der Waals surface area contributed by atoms with E-state index in [1.165, 1.54) is 0 Å². The van der Waals surface area contributed by atoms with E-state index in [2.05, 4.69) is 13.8 Å². The molecule has 0 aromatic rings. The third-order valence-corrected chi connectivity index (χ3v) is 4.23. The number of rotatable bonds is 0. The first kappa shape index (κ1) is 8.24. The Morgan fingerprint density at radius 2 is 2.00 bits per heavy atom. The molecule has 2 N–H and O–H groups in total. The van der Waals surface area contributed by atoms with Crippen LogP contribution in [0.25, 0.3) is 0 Å². The fourth-order valence-electron chi connectivity index (χ4n) is 3.02. The maximum absolute atomic E-state index is 11.5. The quantitative estimate of drug-likeness (QED) is 0.591. The van der Waals surface area contributed by atoms with Gasteiger partial charge < -0.3 is 5.73 Å². The minimum absolute atomic E-state index is 0.267. The number of hydrogen-bond donors (Lipinski definition) is 1. The van der Waals surface area contributed by atoms with Crippen LogP contribution in [-0.2, 0) is 4.79 Å². The highest BCUT2D eigenvalue weighted by Crippen LogP contribution is 2.60. The van der Waals surface area contributed by atoms with E-state index in [9.17, 15) is 4.79 Å². The van der Waals surface area contributed by atoms with Crippen LogP contribution >= 0.6 is 0 Å². The minimum Gasteiger partial charge on any atom is -0.319 e. The zero-order valence-corrected chi connectivity index (χ0v) is 8.05. The zero-order chi connectivity index (χ0) is 9.15. The van der Waals surface area contributed by atoms with Gasteiger partial charge in [-0.1, -0.05) is 13.8 Å². The second-order valence-corrected chi connectivity index (χ2v) is 5.22. The molecule has 2 heteroatoms. The summed E-state index contributed by atoms with van der Waals surface area (Å²) in [6.07, 6.45) is 1.86. The highest BCUT2D eigenvalue weighted by Gasteiger charge is 2.61. The van der Waals surface area contributed by atoms with Crippen LogP contribution in [0, 0.1) is 17.3 Å². The maximum Gasteiger partial charge on any atom is 0.152 e. The first-order valence-corrected chi connectivity index (χ1v) is 4.69. The average Bonchev–Trinajstić information content (AvgIpc) is 1.93. The molecule has 3 unspecified atom stereocenters. The van der Waals surface area contributed by atoms with Gasteiger partial charge in [-0.3, -0.25) is 4.79 Å². The molecular weight excluding hydrogens is 150 g/mol. The van der Waals surface area contributed by atoms with Crippen molar-refractivity contribution in [1.29, 1.82) is 0 Å². The summed E-state index contributed by atoms with van der Waals surface area (Å²) < 4.78 is 0. The van der Waals surface area contributed by atoms with Gasteiger partial charge >= 0.3 is 0 Å². The van der Waals surface area contributed by atoms with E-state index in [0.29, 0.717) is 23.7 Å². The van der Waals surface area contributed by atoms with E-state index in [1.807, 2.05) is 6.92 Å². The molecule has 0 aliphatic heterocycles. The van der Waals surface area contributed by atoms with E-state index >= 15 is 0 Å². The highest BCUT2D eigenvalue weighted by atomic mass is 16.1. The van der Waals surface area contributed by atoms with Crippen LogP contribution in [0.4, 0.5) is 0 Å². The fourth-order valence-corrected chi connectivity index (χ4v) is 3.02. The summed E-state index contributed by atoms with van der Waals surface area (Å²) in [4.78, 5) is 11.5. The van der Waals surface area contributed by atoms with Gasteiger partial charge in [0.2, 0.25) is 0 Å².